The first kappa shape index (κ1) is 19.1. The minimum Gasteiger partial charge on any atom is -0.504 e. The van der Waals surface area contributed by atoms with Crippen LogP contribution >= 0.6 is 0 Å². The van der Waals surface area contributed by atoms with Crippen molar-refractivity contribution in [3.05, 3.63) is 76.2 Å². The van der Waals surface area contributed by atoms with Crippen LogP contribution in [0.1, 0.15) is 41.1 Å². The fraction of sp³-hybridized carbons (Fsp3) is 0.208. The summed E-state index contributed by atoms with van der Waals surface area (Å²) < 4.78 is 14.8. The largest absolute Gasteiger partial charge is 0.504 e. The van der Waals surface area contributed by atoms with Crippen molar-refractivity contribution in [2.24, 2.45) is 7.05 Å². The SMILES string of the molecule is Cn1nc(C(O)=C(C#N)C(=O)Nc2ccc(F)cc2)c2c1-c1cccc3c1C2CCC3. The number of nitrogens with one attached hydrogen (secondary N) is 1. The molecule has 31 heavy (non-hydrogen) atoms. The van der Waals surface area contributed by atoms with E-state index >= 15 is 0 Å². The van der Waals surface area contributed by atoms with Gasteiger partial charge in [-0.1, -0.05) is 18.2 Å². The van der Waals surface area contributed by atoms with E-state index in [-0.39, 0.29) is 11.6 Å². The van der Waals surface area contributed by atoms with Gasteiger partial charge >= 0.3 is 0 Å². The van der Waals surface area contributed by atoms with E-state index in [4.69, 9.17) is 0 Å². The first-order valence-corrected chi connectivity index (χ1v) is 10.1. The predicted molar refractivity (Wildman–Crippen MR) is 114 cm³/mol. The van der Waals surface area contributed by atoms with Crippen LogP contribution in [0.3, 0.4) is 0 Å². The molecule has 1 amide bonds. The van der Waals surface area contributed by atoms with Crippen LogP contribution in [-0.2, 0) is 18.3 Å². The molecule has 2 aliphatic carbocycles. The molecular weight excluding hydrogens is 395 g/mol. The smallest absolute Gasteiger partial charge is 0.270 e. The van der Waals surface area contributed by atoms with Crippen LogP contribution < -0.4 is 5.32 Å². The van der Waals surface area contributed by atoms with Gasteiger partial charge < -0.3 is 10.4 Å². The van der Waals surface area contributed by atoms with Gasteiger partial charge in [-0.3, -0.25) is 9.48 Å². The lowest BCUT2D eigenvalue weighted by molar-refractivity contribution is -0.112. The molecule has 0 aliphatic heterocycles. The van der Waals surface area contributed by atoms with Gasteiger partial charge in [0.2, 0.25) is 0 Å². The highest BCUT2D eigenvalue weighted by Crippen LogP contribution is 2.52. The Bertz CT molecular complexity index is 1300. The molecule has 2 aromatic carbocycles. The zero-order chi connectivity index (χ0) is 21.7. The number of amides is 1. The lowest BCUT2D eigenvalue weighted by atomic mass is 9.81. The van der Waals surface area contributed by atoms with Crippen LogP contribution in [0.2, 0.25) is 0 Å². The molecule has 6 nitrogen and oxygen atoms in total. The van der Waals surface area contributed by atoms with Gasteiger partial charge in [-0.25, -0.2) is 4.39 Å². The standard InChI is InChI=1S/C24H19FN4O2/c1-29-22-17-7-3-5-13-4-2-6-16(19(13)17)20(22)21(28-29)23(30)18(12-26)24(31)27-15-10-8-14(25)9-11-15/h3,5,7-11,16,30H,2,4,6H2,1H3,(H,27,31). The molecule has 0 fully saturated rings. The zero-order valence-electron chi connectivity index (χ0n) is 16.8. The van der Waals surface area contributed by atoms with Gasteiger partial charge in [0.15, 0.2) is 11.3 Å². The normalized spacial score (nSPS) is 16.7. The van der Waals surface area contributed by atoms with Gasteiger partial charge in [-0.2, -0.15) is 10.4 Å². The molecule has 0 saturated carbocycles. The number of halogens is 1. The van der Waals surface area contributed by atoms with Crippen molar-refractivity contribution in [3.63, 3.8) is 0 Å². The minimum absolute atomic E-state index is 0.0842. The first-order valence-electron chi connectivity index (χ1n) is 10.1. The highest BCUT2D eigenvalue weighted by molar-refractivity contribution is 6.11. The number of carbonyl (C=O) groups is 1. The van der Waals surface area contributed by atoms with Crippen molar-refractivity contribution in [1.29, 1.82) is 5.26 Å². The molecule has 7 heteroatoms. The summed E-state index contributed by atoms with van der Waals surface area (Å²) in [5.74, 6) is -1.57. The Balaban J connectivity index is 1.59. The molecule has 154 valence electrons. The summed E-state index contributed by atoms with van der Waals surface area (Å²) in [6.45, 7) is 0. The number of hydrogen-bond acceptors (Lipinski definition) is 4. The molecule has 0 saturated heterocycles. The van der Waals surface area contributed by atoms with Gasteiger partial charge in [0, 0.05) is 29.8 Å². The molecule has 2 N–H and O–H groups in total. The Morgan fingerprint density at radius 1 is 1.26 bits per heavy atom. The Kier molecular flexibility index (Phi) is 4.36. The van der Waals surface area contributed by atoms with Crippen molar-refractivity contribution < 1.29 is 14.3 Å². The molecule has 1 aromatic heterocycles. The van der Waals surface area contributed by atoms with Crippen LogP contribution in [0.25, 0.3) is 17.0 Å². The number of aliphatic hydroxyl groups is 1. The van der Waals surface area contributed by atoms with Crippen molar-refractivity contribution in [2.45, 2.75) is 25.2 Å². The third-order valence-electron chi connectivity index (χ3n) is 6.07. The number of carbonyl (C=O) groups excluding carboxylic acids is 1. The molecule has 0 spiro atoms. The van der Waals surface area contributed by atoms with Crippen LogP contribution in [0, 0.1) is 17.1 Å². The molecule has 0 bridgehead atoms. The highest BCUT2D eigenvalue weighted by Gasteiger charge is 2.39. The molecule has 1 unspecified atom stereocenters. The van der Waals surface area contributed by atoms with Crippen molar-refractivity contribution >= 4 is 17.4 Å². The monoisotopic (exact) mass is 414 g/mol. The number of benzene rings is 2. The first-order chi connectivity index (χ1) is 15.0. The van der Waals surface area contributed by atoms with Crippen molar-refractivity contribution in [1.82, 2.24) is 9.78 Å². The molecule has 3 aromatic rings. The topological polar surface area (TPSA) is 90.9 Å². The van der Waals surface area contributed by atoms with E-state index in [1.54, 1.807) is 17.8 Å². The number of aromatic nitrogens is 2. The second kappa shape index (κ2) is 7.10. The summed E-state index contributed by atoms with van der Waals surface area (Å²) in [6.07, 6.45) is 2.96. The van der Waals surface area contributed by atoms with Crippen LogP contribution in [0.15, 0.2) is 48.0 Å². The highest BCUT2D eigenvalue weighted by atomic mass is 19.1. The number of aliphatic hydroxyl groups excluding tert-OH is 1. The summed E-state index contributed by atoms with van der Waals surface area (Å²) in [5.41, 5.74) is 5.60. The molecule has 0 radical (unpaired) electrons. The number of aryl methyl sites for hydroxylation is 2. The number of anilines is 1. The molecule has 1 atom stereocenters. The predicted octanol–water partition coefficient (Wildman–Crippen LogP) is 4.44. The van der Waals surface area contributed by atoms with E-state index in [9.17, 15) is 19.6 Å². The third kappa shape index (κ3) is 2.91. The van der Waals surface area contributed by atoms with Gasteiger partial charge in [-0.15, -0.1) is 0 Å². The van der Waals surface area contributed by atoms with E-state index in [1.807, 2.05) is 6.07 Å². The maximum Gasteiger partial charge on any atom is 0.270 e. The van der Waals surface area contributed by atoms with Crippen molar-refractivity contribution in [2.75, 3.05) is 5.32 Å². The van der Waals surface area contributed by atoms with Crippen LogP contribution in [0.4, 0.5) is 10.1 Å². The average Bonchev–Trinajstić information content (AvgIpc) is 3.28. The van der Waals surface area contributed by atoms with Gasteiger partial charge in [-0.05, 0) is 54.7 Å². The zero-order valence-corrected chi connectivity index (χ0v) is 16.8. The number of hydrogen-bond donors (Lipinski definition) is 2. The molecule has 5 rings (SSSR count). The van der Waals surface area contributed by atoms with Crippen molar-refractivity contribution in [3.8, 4) is 17.3 Å². The lowest BCUT2D eigenvalue weighted by Gasteiger charge is -2.22. The molecule has 2 aliphatic rings. The summed E-state index contributed by atoms with van der Waals surface area (Å²) in [7, 11) is 1.80. The quantitative estimate of drug-likeness (QED) is 0.377. The van der Waals surface area contributed by atoms with Crippen LogP contribution in [0.5, 0.6) is 0 Å². The summed E-state index contributed by atoms with van der Waals surface area (Å²) in [5, 5.41) is 27.6. The van der Waals surface area contributed by atoms with E-state index in [0.29, 0.717) is 5.69 Å². The van der Waals surface area contributed by atoms with Gasteiger partial charge in [0.25, 0.3) is 5.91 Å². The fourth-order valence-corrected chi connectivity index (χ4v) is 4.80. The number of fused-ring (bicyclic) bond motifs is 3. The van der Waals surface area contributed by atoms with E-state index in [1.165, 1.54) is 35.4 Å². The Morgan fingerprint density at radius 3 is 2.77 bits per heavy atom. The fourth-order valence-electron chi connectivity index (χ4n) is 4.80. The van der Waals surface area contributed by atoms with Crippen LogP contribution in [-0.4, -0.2) is 20.8 Å². The summed E-state index contributed by atoms with van der Waals surface area (Å²) in [6, 6.07) is 13.2. The lowest BCUT2D eigenvalue weighted by Crippen LogP contribution is -2.16. The second-order valence-corrected chi connectivity index (χ2v) is 7.85. The van der Waals surface area contributed by atoms with E-state index < -0.39 is 23.1 Å². The third-order valence-corrected chi connectivity index (χ3v) is 6.07. The summed E-state index contributed by atoms with van der Waals surface area (Å²) >= 11 is 0. The van der Waals surface area contributed by atoms with E-state index in [2.05, 4.69) is 22.5 Å². The maximum atomic E-state index is 13.1. The molecule has 1 heterocycles. The molecular formula is C24H19FN4O2. The maximum absolute atomic E-state index is 13.1. The second-order valence-electron chi connectivity index (χ2n) is 7.85. The minimum atomic E-state index is -0.772. The number of nitriles is 1. The Hall–Kier alpha value is -3.92. The Morgan fingerprint density at radius 2 is 2.03 bits per heavy atom. The van der Waals surface area contributed by atoms with Gasteiger partial charge in [0.1, 0.15) is 17.6 Å². The van der Waals surface area contributed by atoms with E-state index in [0.717, 1.165) is 36.1 Å². The van der Waals surface area contributed by atoms with Gasteiger partial charge in [0.05, 0.1) is 5.69 Å². The average molecular weight is 414 g/mol. The number of rotatable bonds is 3. The Labute approximate surface area is 178 Å². The summed E-state index contributed by atoms with van der Waals surface area (Å²) in [4.78, 5) is 12.7. The number of nitrogens with zero attached hydrogens (tertiary/aromatic N) is 3.